The number of alkyl halides is 3. The van der Waals surface area contributed by atoms with E-state index in [-0.39, 0.29) is 37.8 Å². The number of aliphatic carboxylic acids is 1. The summed E-state index contributed by atoms with van der Waals surface area (Å²) in [6, 6.07) is 15.0. The number of hydrogen-bond acceptors (Lipinski definition) is 4. The Morgan fingerprint density at radius 2 is 1.57 bits per heavy atom. The Labute approximate surface area is 200 Å². The van der Waals surface area contributed by atoms with Crippen molar-refractivity contribution in [2.75, 3.05) is 13.2 Å². The number of carboxylic acids is 1. The molecule has 0 saturated heterocycles. The van der Waals surface area contributed by atoms with Gasteiger partial charge >= 0.3 is 18.2 Å². The van der Waals surface area contributed by atoms with Gasteiger partial charge in [-0.2, -0.15) is 13.2 Å². The Morgan fingerprint density at radius 3 is 2.09 bits per heavy atom. The topological polar surface area (TPSA) is 105 Å². The third-order valence-electron chi connectivity index (χ3n) is 6.16. The SMILES string of the molecule is CC(CCNC(=O)C(C)(NC(=O)OCC1c2ccccc2-c2ccccc21)C(F)(F)F)CC(=O)O. The maximum Gasteiger partial charge on any atom is 0.420 e. The highest BCUT2D eigenvalue weighted by Crippen LogP contribution is 2.44. The van der Waals surface area contributed by atoms with Gasteiger partial charge in [-0.3, -0.25) is 14.9 Å². The lowest BCUT2D eigenvalue weighted by molar-refractivity contribution is -0.194. The monoisotopic (exact) mass is 492 g/mol. The van der Waals surface area contributed by atoms with Crippen LogP contribution in [0.15, 0.2) is 48.5 Å². The second-order valence-electron chi connectivity index (χ2n) is 8.82. The highest BCUT2D eigenvalue weighted by atomic mass is 19.4. The van der Waals surface area contributed by atoms with Crippen molar-refractivity contribution in [3.8, 4) is 11.1 Å². The fourth-order valence-corrected chi connectivity index (χ4v) is 4.10. The summed E-state index contributed by atoms with van der Waals surface area (Å²) in [6.45, 7) is 1.79. The number of benzene rings is 2. The highest BCUT2D eigenvalue weighted by molar-refractivity contribution is 5.90. The molecule has 0 aliphatic heterocycles. The molecule has 3 rings (SSSR count). The molecular formula is C25H27F3N2O5. The van der Waals surface area contributed by atoms with Crippen LogP contribution in [0.3, 0.4) is 0 Å². The first-order valence-electron chi connectivity index (χ1n) is 11.1. The van der Waals surface area contributed by atoms with E-state index >= 15 is 0 Å². The Bertz CT molecular complexity index is 1060. The zero-order valence-corrected chi connectivity index (χ0v) is 19.3. The molecule has 188 valence electrons. The smallest absolute Gasteiger partial charge is 0.420 e. The molecule has 7 nitrogen and oxygen atoms in total. The average Bonchev–Trinajstić information content (AvgIpc) is 3.10. The molecule has 0 aromatic heterocycles. The molecule has 2 atom stereocenters. The van der Waals surface area contributed by atoms with Crippen LogP contribution in [0.5, 0.6) is 0 Å². The molecular weight excluding hydrogens is 465 g/mol. The number of carboxylic acid groups (broad SMARTS) is 1. The maximum absolute atomic E-state index is 13.8. The van der Waals surface area contributed by atoms with Crippen LogP contribution in [-0.2, 0) is 14.3 Å². The molecule has 0 fully saturated rings. The molecule has 35 heavy (non-hydrogen) atoms. The van der Waals surface area contributed by atoms with Crippen molar-refractivity contribution in [2.24, 2.45) is 5.92 Å². The second-order valence-corrected chi connectivity index (χ2v) is 8.82. The molecule has 0 radical (unpaired) electrons. The van der Waals surface area contributed by atoms with E-state index in [4.69, 9.17) is 9.84 Å². The molecule has 0 bridgehead atoms. The summed E-state index contributed by atoms with van der Waals surface area (Å²) in [5.41, 5.74) is 0.495. The number of fused-ring (bicyclic) bond motifs is 3. The Hall–Kier alpha value is -3.56. The van der Waals surface area contributed by atoms with Crippen LogP contribution >= 0.6 is 0 Å². The fourth-order valence-electron chi connectivity index (χ4n) is 4.10. The summed E-state index contributed by atoms with van der Waals surface area (Å²) < 4.78 is 46.6. The second kappa shape index (κ2) is 10.4. The van der Waals surface area contributed by atoms with E-state index in [9.17, 15) is 27.6 Å². The number of ether oxygens (including phenoxy) is 1. The number of amides is 2. The van der Waals surface area contributed by atoms with Crippen LogP contribution in [0.2, 0.25) is 0 Å². The summed E-state index contributed by atoms with van der Waals surface area (Å²) in [4.78, 5) is 35.6. The van der Waals surface area contributed by atoms with Gasteiger partial charge in [0.2, 0.25) is 5.54 Å². The summed E-state index contributed by atoms with van der Waals surface area (Å²) in [5.74, 6) is -3.20. The van der Waals surface area contributed by atoms with E-state index in [1.54, 1.807) is 12.2 Å². The number of carbonyl (C=O) groups excluding carboxylic acids is 2. The number of hydrogen-bond donors (Lipinski definition) is 3. The zero-order valence-electron chi connectivity index (χ0n) is 19.3. The van der Waals surface area contributed by atoms with Gasteiger partial charge in [-0.25, -0.2) is 4.79 Å². The Balaban J connectivity index is 1.65. The third kappa shape index (κ3) is 5.75. The van der Waals surface area contributed by atoms with Gasteiger partial charge in [-0.15, -0.1) is 0 Å². The number of alkyl carbamates (subject to hydrolysis) is 1. The minimum absolute atomic E-state index is 0.164. The zero-order chi connectivity index (χ0) is 25.8. The van der Waals surface area contributed by atoms with Crippen LogP contribution < -0.4 is 10.6 Å². The van der Waals surface area contributed by atoms with E-state index in [1.807, 2.05) is 48.5 Å². The van der Waals surface area contributed by atoms with Gasteiger partial charge < -0.3 is 15.2 Å². The van der Waals surface area contributed by atoms with Gasteiger partial charge in [0.05, 0.1) is 0 Å². The van der Waals surface area contributed by atoms with Crippen molar-refractivity contribution in [2.45, 2.75) is 44.3 Å². The Morgan fingerprint density at radius 1 is 1.03 bits per heavy atom. The average molecular weight is 492 g/mol. The predicted octanol–water partition coefficient (Wildman–Crippen LogP) is 4.46. The number of carbonyl (C=O) groups is 3. The lowest BCUT2D eigenvalue weighted by Gasteiger charge is -2.31. The summed E-state index contributed by atoms with van der Waals surface area (Å²) in [5, 5.41) is 12.6. The molecule has 2 amide bonds. The lowest BCUT2D eigenvalue weighted by Crippen LogP contribution is -2.65. The highest BCUT2D eigenvalue weighted by Gasteiger charge is 2.58. The third-order valence-corrected chi connectivity index (χ3v) is 6.16. The van der Waals surface area contributed by atoms with Crippen LogP contribution in [0.1, 0.15) is 43.7 Å². The van der Waals surface area contributed by atoms with E-state index in [1.165, 1.54) is 0 Å². The summed E-state index contributed by atoms with van der Waals surface area (Å²) >= 11 is 0. The van der Waals surface area contributed by atoms with Gasteiger partial charge in [-0.1, -0.05) is 55.5 Å². The first-order valence-corrected chi connectivity index (χ1v) is 11.1. The maximum atomic E-state index is 13.8. The molecule has 0 saturated carbocycles. The molecule has 10 heteroatoms. The van der Waals surface area contributed by atoms with Crippen LogP contribution in [0.4, 0.5) is 18.0 Å². The van der Waals surface area contributed by atoms with E-state index in [0.29, 0.717) is 6.92 Å². The van der Waals surface area contributed by atoms with Gasteiger partial charge in [0.25, 0.3) is 5.91 Å². The van der Waals surface area contributed by atoms with Crippen LogP contribution in [0, 0.1) is 5.92 Å². The molecule has 2 aromatic carbocycles. The lowest BCUT2D eigenvalue weighted by atomic mass is 9.98. The molecule has 3 N–H and O–H groups in total. The molecule has 0 spiro atoms. The summed E-state index contributed by atoms with van der Waals surface area (Å²) in [6.07, 6.45) is -6.49. The predicted molar refractivity (Wildman–Crippen MR) is 122 cm³/mol. The Kier molecular flexibility index (Phi) is 7.72. The normalized spacial score (nSPS) is 15.3. The minimum Gasteiger partial charge on any atom is -0.481 e. The molecule has 2 unspecified atom stereocenters. The molecule has 1 aliphatic carbocycles. The largest absolute Gasteiger partial charge is 0.481 e. The minimum atomic E-state index is -5.10. The van der Waals surface area contributed by atoms with Crippen LogP contribution in [0.25, 0.3) is 11.1 Å². The van der Waals surface area contributed by atoms with E-state index < -0.39 is 29.7 Å². The first kappa shape index (κ1) is 26.1. The number of halogens is 3. The van der Waals surface area contributed by atoms with Crippen molar-refractivity contribution >= 4 is 18.0 Å². The van der Waals surface area contributed by atoms with Crippen LogP contribution in [-0.4, -0.2) is 47.9 Å². The van der Waals surface area contributed by atoms with Gasteiger partial charge in [0.15, 0.2) is 0 Å². The number of nitrogens with one attached hydrogen (secondary N) is 2. The van der Waals surface area contributed by atoms with E-state index in [0.717, 1.165) is 22.3 Å². The van der Waals surface area contributed by atoms with Crippen molar-refractivity contribution in [3.05, 3.63) is 59.7 Å². The van der Waals surface area contributed by atoms with Gasteiger partial charge in [-0.05, 0) is 41.5 Å². The van der Waals surface area contributed by atoms with Crippen molar-refractivity contribution < 1.29 is 37.4 Å². The molecule has 2 aromatic rings. The van der Waals surface area contributed by atoms with Gasteiger partial charge in [0, 0.05) is 18.9 Å². The fraction of sp³-hybridized carbons (Fsp3) is 0.400. The van der Waals surface area contributed by atoms with Crippen molar-refractivity contribution in [1.29, 1.82) is 0 Å². The summed E-state index contributed by atoms with van der Waals surface area (Å²) in [7, 11) is 0. The standard InChI is InChI=1S/C25H27F3N2O5/c1-15(13-21(31)32)11-12-29-22(33)24(2,25(26,27)28)30-23(34)35-14-20-18-9-5-3-7-16(18)17-8-4-6-10-19(17)20/h3-10,15,20H,11-14H2,1-2H3,(H,29,33)(H,30,34)(H,31,32). The molecule has 1 aliphatic rings. The van der Waals surface area contributed by atoms with Crippen molar-refractivity contribution in [1.82, 2.24) is 10.6 Å². The quantitative estimate of drug-likeness (QED) is 0.479. The van der Waals surface area contributed by atoms with Crippen molar-refractivity contribution in [3.63, 3.8) is 0 Å². The number of rotatable bonds is 9. The molecule has 0 heterocycles. The first-order chi connectivity index (χ1) is 16.4. The van der Waals surface area contributed by atoms with E-state index in [2.05, 4.69) is 5.32 Å². The van der Waals surface area contributed by atoms with Gasteiger partial charge in [0.1, 0.15) is 6.61 Å².